The fourth-order valence-corrected chi connectivity index (χ4v) is 1.33. The summed E-state index contributed by atoms with van der Waals surface area (Å²) in [5, 5.41) is 3.82. The number of aromatic nitrogens is 2. The number of nitrogens with zero attached hydrogens (tertiary/aromatic N) is 2. The van der Waals surface area contributed by atoms with Crippen LogP contribution in [0.25, 0.3) is 0 Å². The number of benzene rings is 1. The van der Waals surface area contributed by atoms with Gasteiger partial charge in [0.15, 0.2) is 5.82 Å². The molecule has 5 heteroatoms. The summed E-state index contributed by atoms with van der Waals surface area (Å²) in [6.45, 7) is 2.32. The Labute approximate surface area is 99.6 Å². The lowest BCUT2D eigenvalue weighted by Crippen LogP contribution is -2.06. The van der Waals surface area contributed by atoms with Gasteiger partial charge in [0, 0.05) is 6.42 Å². The third-order valence-electron chi connectivity index (χ3n) is 2.21. The molecule has 0 aliphatic carbocycles. The highest BCUT2D eigenvalue weighted by Crippen LogP contribution is 2.09. The summed E-state index contributed by atoms with van der Waals surface area (Å²) >= 11 is 0. The molecule has 90 valence electrons. The van der Waals surface area contributed by atoms with Crippen LogP contribution >= 0.6 is 0 Å². The summed E-state index contributed by atoms with van der Waals surface area (Å²) in [5.74, 6) is 1.91. The van der Waals surface area contributed by atoms with Crippen LogP contribution in [0.2, 0.25) is 0 Å². The van der Waals surface area contributed by atoms with Crippen LogP contribution in [0.5, 0.6) is 5.75 Å². The molecule has 0 fully saturated rings. The van der Waals surface area contributed by atoms with Crippen LogP contribution in [0.4, 0.5) is 0 Å². The fraction of sp³-hybridized carbons (Fsp3) is 0.333. The van der Waals surface area contributed by atoms with Crippen molar-refractivity contribution in [3.63, 3.8) is 0 Å². The van der Waals surface area contributed by atoms with Gasteiger partial charge in [0.1, 0.15) is 5.75 Å². The minimum absolute atomic E-state index is 0.230. The Balaban J connectivity index is 1.82. The molecule has 1 aromatic heterocycles. The van der Waals surface area contributed by atoms with Gasteiger partial charge >= 0.3 is 0 Å². The van der Waals surface area contributed by atoms with Gasteiger partial charge in [0.25, 0.3) is 0 Å². The summed E-state index contributed by atoms with van der Waals surface area (Å²) in [6, 6.07) is 9.38. The van der Waals surface area contributed by atoms with E-state index in [4.69, 9.17) is 15.0 Å². The lowest BCUT2D eigenvalue weighted by Gasteiger charge is -2.02. The summed E-state index contributed by atoms with van der Waals surface area (Å²) < 4.78 is 10.5. The first kappa shape index (κ1) is 11.6. The molecule has 1 aromatic carbocycles. The molecular formula is C12H15N3O2. The third kappa shape index (κ3) is 3.29. The lowest BCUT2D eigenvalue weighted by molar-refractivity contribution is 0.312. The molecule has 2 rings (SSSR count). The highest BCUT2D eigenvalue weighted by molar-refractivity contribution is 5.20. The van der Waals surface area contributed by atoms with Crippen molar-refractivity contribution in [3.8, 4) is 5.75 Å². The maximum Gasteiger partial charge on any atom is 0.243 e. The number of para-hydroxylation sites is 1. The predicted molar refractivity (Wildman–Crippen MR) is 62.5 cm³/mol. The van der Waals surface area contributed by atoms with Gasteiger partial charge in [0.2, 0.25) is 5.89 Å². The van der Waals surface area contributed by atoms with Gasteiger partial charge in [-0.05, 0) is 19.1 Å². The van der Waals surface area contributed by atoms with Crippen LogP contribution in [0, 0.1) is 0 Å². The number of ether oxygens (including phenoxy) is 1. The Bertz CT molecular complexity index is 454. The van der Waals surface area contributed by atoms with E-state index in [1.165, 1.54) is 0 Å². The quantitative estimate of drug-likeness (QED) is 0.851. The fourth-order valence-electron chi connectivity index (χ4n) is 1.33. The molecule has 0 radical (unpaired) electrons. The van der Waals surface area contributed by atoms with E-state index in [9.17, 15) is 0 Å². The zero-order chi connectivity index (χ0) is 12.1. The number of hydrogen-bond donors (Lipinski definition) is 1. The molecule has 5 nitrogen and oxygen atoms in total. The SMILES string of the molecule is CC(N)c1nc(CCOc2ccccc2)no1. The zero-order valence-corrected chi connectivity index (χ0v) is 9.67. The van der Waals surface area contributed by atoms with E-state index in [0.29, 0.717) is 24.7 Å². The minimum atomic E-state index is -0.230. The van der Waals surface area contributed by atoms with Crippen LogP contribution in [-0.2, 0) is 6.42 Å². The molecule has 0 aliphatic heterocycles. The molecule has 2 aromatic rings. The second-order valence-corrected chi connectivity index (χ2v) is 3.75. The van der Waals surface area contributed by atoms with E-state index in [1.54, 1.807) is 6.92 Å². The minimum Gasteiger partial charge on any atom is -0.493 e. The predicted octanol–water partition coefficient (Wildman–Crippen LogP) is 1.71. The van der Waals surface area contributed by atoms with Gasteiger partial charge in [-0.15, -0.1) is 0 Å². The molecule has 0 spiro atoms. The second kappa shape index (κ2) is 5.45. The molecule has 0 amide bonds. The molecule has 1 unspecified atom stereocenters. The van der Waals surface area contributed by atoms with Crippen LogP contribution in [0.3, 0.4) is 0 Å². The van der Waals surface area contributed by atoms with Gasteiger partial charge in [-0.3, -0.25) is 0 Å². The topological polar surface area (TPSA) is 74.2 Å². The van der Waals surface area contributed by atoms with Gasteiger partial charge in [-0.1, -0.05) is 23.4 Å². The average Bonchev–Trinajstić information content (AvgIpc) is 2.79. The summed E-state index contributed by atoms with van der Waals surface area (Å²) in [4.78, 5) is 4.16. The largest absolute Gasteiger partial charge is 0.493 e. The molecule has 1 heterocycles. The highest BCUT2D eigenvalue weighted by Gasteiger charge is 2.09. The highest BCUT2D eigenvalue weighted by atomic mass is 16.5. The van der Waals surface area contributed by atoms with Gasteiger partial charge in [-0.2, -0.15) is 4.98 Å². The molecule has 0 saturated heterocycles. The molecule has 0 aliphatic rings. The van der Waals surface area contributed by atoms with E-state index >= 15 is 0 Å². The summed E-state index contributed by atoms with van der Waals surface area (Å²) in [7, 11) is 0. The van der Waals surface area contributed by atoms with Crippen LogP contribution < -0.4 is 10.5 Å². The lowest BCUT2D eigenvalue weighted by atomic mass is 10.3. The zero-order valence-electron chi connectivity index (χ0n) is 9.67. The van der Waals surface area contributed by atoms with Crippen LogP contribution in [0.15, 0.2) is 34.9 Å². The van der Waals surface area contributed by atoms with Gasteiger partial charge in [0.05, 0.1) is 12.6 Å². The van der Waals surface area contributed by atoms with E-state index in [-0.39, 0.29) is 6.04 Å². The number of nitrogens with two attached hydrogens (primary N) is 1. The normalized spacial score (nSPS) is 12.4. The summed E-state index contributed by atoms with van der Waals surface area (Å²) in [5.41, 5.74) is 5.62. The molecule has 17 heavy (non-hydrogen) atoms. The van der Waals surface area contributed by atoms with E-state index in [0.717, 1.165) is 5.75 Å². The van der Waals surface area contributed by atoms with Crippen molar-refractivity contribution < 1.29 is 9.26 Å². The smallest absolute Gasteiger partial charge is 0.243 e. The van der Waals surface area contributed by atoms with Crippen molar-refractivity contribution in [1.29, 1.82) is 0 Å². The van der Waals surface area contributed by atoms with Crippen molar-refractivity contribution in [1.82, 2.24) is 10.1 Å². The first-order chi connectivity index (χ1) is 8.25. The third-order valence-corrected chi connectivity index (χ3v) is 2.21. The first-order valence-electron chi connectivity index (χ1n) is 5.51. The average molecular weight is 233 g/mol. The van der Waals surface area contributed by atoms with Crippen molar-refractivity contribution in [2.45, 2.75) is 19.4 Å². The number of hydrogen-bond acceptors (Lipinski definition) is 5. The van der Waals surface area contributed by atoms with E-state index < -0.39 is 0 Å². The molecular weight excluding hydrogens is 218 g/mol. The second-order valence-electron chi connectivity index (χ2n) is 3.75. The Hall–Kier alpha value is -1.88. The first-order valence-corrected chi connectivity index (χ1v) is 5.51. The van der Waals surface area contributed by atoms with Gasteiger partial charge in [-0.25, -0.2) is 0 Å². The standard InChI is InChI=1S/C12H15N3O2/c1-9(13)12-14-11(15-17-12)7-8-16-10-5-3-2-4-6-10/h2-6,9H,7-8,13H2,1H3. The van der Waals surface area contributed by atoms with Crippen LogP contribution in [0.1, 0.15) is 24.7 Å². The summed E-state index contributed by atoms with van der Waals surface area (Å²) in [6.07, 6.45) is 0.602. The van der Waals surface area contributed by atoms with Gasteiger partial charge < -0.3 is 15.0 Å². The molecule has 0 saturated carbocycles. The molecule has 0 bridgehead atoms. The van der Waals surface area contributed by atoms with E-state index in [1.807, 2.05) is 30.3 Å². The van der Waals surface area contributed by atoms with Crippen molar-refractivity contribution >= 4 is 0 Å². The molecule has 2 N–H and O–H groups in total. The molecule has 1 atom stereocenters. The maximum atomic E-state index is 5.62. The number of rotatable bonds is 5. The Morgan fingerprint density at radius 2 is 2.12 bits per heavy atom. The van der Waals surface area contributed by atoms with Crippen molar-refractivity contribution in [2.75, 3.05) is 6.61 Å². The Morgan fingerprint density at radius 3 is 2.76 bits per heavy atom. The Kier molecular flexibility index (Phi) is 3.72. The van der Waals surface area contributed by atoms with Crippen molar-refractivity contribution in [3.05, 3.63) is 42.0 Å². The van der Waals surface area contributed by atoms with Crippen LogP contribution in [-0.4, -0.2) is 16.7 Å². The Morgan fingerprint density at radius 1 is 1.35 bits per heavy atom. The van der Waals surface area contributed by atoms with Crippen molar-refractivity contribution in [2.24, 2.45) is 5.73 Å². The maximum absolute atomic E-state index is 5.62. The monoisotopic (exact) mass is 233 g/mol. The van der Waals surface area contributed by atoms with E-state index in [2.05, 4.69) is 10.1 Å².